The molecule has 0 saturated heterocycles. The molecule has 30 heavy (non-hydrogen) atoms. The first-order valence-electron chi connectivity index (χ1n) is 8.88. The molecule has 0 aliphatic rings. The molecule has 10 heteroatoms. The molecular weight excluding hydrogens is 399 g/mol. The molecule has 0 spiro atoms. The number of aromatic amines is 1. The van der Waals surface area contributed by atoms with Gasteiger partial charge in [-0.25, -0.2) is 9.78 Å². The summed E-state index contributed by atoms with van der Waals surface area (Å²) < 4.78 is 44.4. The molecule has 0 unspecified atom stereocenters. The molecule has 154 valence electrons. The van der Waals surface area contributed by atoms with Crippen LogP contribution in [0.5, 0.6) is 0 Å². The summed E-state index contributed by atoms with van der Waals surface area (Å²) in [5.41, 5.74) is 1.90. The van der Waals surface area contributed by atoms with Gasteiger partial charge in [0.1, 0.15) is 5.82 Å². The first-order chi connectivity index (χ1) is 14.2. The average Bonchev–Trinajstić information content (AvgIpc) is 3.04. The van der Waals surface area contributed by atoms with Crippen LogP contribution in [-0.2, 0) is 6.18 Å². The lowest BCUT2D eigenvalue weighted by atomic mass is 10.1. The van der Waals surface area contributed by atoms with Crippen LogP contribution in [0.25, 0.3) is 11.1 Å². The third kappa shape index (κ3) is 3.84. The van der Waals surface area contributed by atoms with E-state index in [1.807, 2.05) is 0 Å². The van der Waals surface area contributed by atoms with E-state index in [0.717, 1.165) is 11.6 Å². The fourth-order valence-electron chi connectivity index (χ4n) is 2.99. The normalized spacial score (nSPS) is 11.6. The van der Waals surface area contributed by atoms with Gasteiger partial charge in [0.25, 0.3) is 0 Å². The van der Waals surface area contributed by atoms with Crippen LogP contribution in [0.3, 0.4) is 0 Å². The molecule has 0 atom stereocenters. The van der Waals surface area contributed by atoms with Crippen LogP contribution in [0, 0.1) is 13.8 Å². The van der Waals surface area contributed by atoms with Crippen LogP contribution < -0.4 is 16.4 Å². The molecule has 4 rings (SSSR count). The summed E-state index contributed by atoms with van der Waals surface area (Å²) in [5, 5.41) is 5.96. The molecule has 0 fully saturated rings. The summed E-state index contributed by atoms with van der Waals surface area (Å²) in [4.78, 5) is 22.4. The van der Waals surface area contributed by atoms with Crippen molar-refractivity contribution in [3.8, 4) is 0 Å². The quantitative estimate of drug-likeness (QED) is 0.433. The van der Waals surface area contributed by atoms with Crippen molar-refractivity contribution in [1.82, 2.24) is 15.0 Å². The Balaban J connectivity index is 1.63. The largest absolute Gasteiger partial charge is 0.417 e. The predicted octanol–water partition coefficient (Wildman–Crippen LogP) is 5.03. The number of hydrogen-bond acceptors (Lipinski definition) is 6. The molecule has 0 radical (unpaired) electrons. The van der Waals surface area contributed by atoms with Crippen molar-refractivity contribution in [3.63, 3.8) is 0 Å². The minimum Gasteiger partial charge on any atom is -0.408 e. The van der Waals surface area contributed by atoms with Gasteiger partial charge in [-0.2, -0.15) is 18.2 Å². The van der Waals surface area contributed by atoms with Crippen molar-refractivity contribution in [3.05, 3.63) is 69.8 Å². The summed E-state index contributed by atoms with van der Waals surface area (Å²) in [6.45, 7) is 3.18. The number of aromatic nitrogens is 3. The molecule has 7 nitrogen and oxygen atoms in total. The first-order valence-corrected chi connectivity index (χ1v) is 8.88. The minimum absolute atomic E-state index is 0.0537. The van der Waals surface area contributed by atoms with E-state index in [9.17, 15) is 18.0 Å². The molecule has 0 saturated carbocycles. The number of benzene rings is 2. The number of H-pyrrole nitrogens is 1. The Hall–Kier alpha value is -3.82. The van der Waals surface area contributed by atoms with Crippen LogP contribution in [0.4, 0.5) is 36.3 Å². The lowest BCUT2D eigenvalue weighted by molar-refractivity contribution is -0.138. The summed E-state index contributed by atoms with van der Waals surface area (Å²) >= 11 is 0. The van der Waals surface area contributed by atoms with Gasteiger partial charge in [0.05, 0.1) is 11.1 Å². The highest BCUT2D eigenvalue weighted by Gasteiger charge is 2.32. The molecule has 0 amide bonds. The van der Waals surface area contributed by atoms with Crippen LogP contribution in [-0.4, -0.2) is 15.0 Å². The van der Waals surface area contributed by atoms with Gasteiger partial charge in [-0.3, -0.25) is 4.98 Å². The number of aryl methyl sites for hydroxylation is 1. The Morgan fingerprint density at radius 1 is 1.10 bits per heavy atom. The predicted molar refractivity (Wildman–Crippen MR) is 106 cm³/mol. The Kier molecular flexibility index (Phi) is 4.69. The highest BCUT2D eigenvalue weighted by atomic mass is 19.4. The van der Waals surface area contributed by atoms with E-state index in [4.69, 9.17) is 4.42 Å². The summed E-state index contributed by atoms with van der Waals surface area (Å²) in [6, 6.07) is 8.92. The monoisotopic (exact) mass is 415 g/mol. The number of oxazole rings is 1. The van der Waals surface area contributed by atoms with Gasteiger partial charge in [0, 0.05) is 23.1 Å². The van der Waals surface area contributed by atoms with E-state index in [2.05, 4.69) is 25.6 Å². The minimum atomic E-state index is -4.45. The Morgan fingerprint density at radius 3 is 2.67 bits per heavy atom. The molecule has 0 bridgehead atoms. The second kappa shape index (κ2) is 7.21. The molecule has 0 aliphatic carbocycles. The van der Waals surface area contributed by atoms with E-state index in [0.29, 0.717) is 22.6 Å². The maximum Gasteiger partial charge on any atom is 0.417 e. The smallest absolute Gasteiger partial charge is 0.408 e. The second-order valence-corrected chi connectivity index (χ2v) is 6.68. The second-order valence-electron chi connectivity index (χ2n) is 6.68. The molecule has 2 heterocycles. The number of hydrogen-bond donors (Lipinski definition) is 3. The number of halogens is 3. The highest BCUT2D eigenvalue weighted by molar-refractivity contribution is 5.78. The summed E-state index contributed by atoms with van der Waals surface area (Å²) in [6.07, 6.45) is -2.89. The van der Waals surface area contributed by atoms with E-state index < -0.39 is 17.5 Å². The van der Waals surface area contributed by atoms with Gasteiger partial charge in [-0.1, -0.05) is 6.07 Å². The zero-order valence-electron chi connectivity index (χ0n) is 15.9. The molecule has 2 aromatic carbocycles. The Labute approximate surface area is 168 Å². The van der Waals surface area contributed by atoms with Gasteiger partial charge in [0.15, 0.2) is 5.58 Å². The van der Waals surface area contributed by atoms with Crippen molar-refractivity contribution >= 4 is 34.2 Å². The van der Waals surface area contributed by atoms with Gasteiger partial charge in [0.2, 0.25) is 5.95 Å². The maximum atomic E-state index is 13.1. The first kappa shape index (κ1) is 19.5. The molecule has 2 aromatic heterocycles. The third-order valence-electron chi connectivity index (χ3n) is 4.54. The maximum absolute atomic E-state index is 13.1. The van der Waals surface area contributed by atoms with Gasteiger partial charge in [-0.15, -0.1) is 0 Å². The molecule has 4 aromatic rings. The van der Waals surface area contributed by atoms with Crippen molar-refractivity contribution < 1.29 is 17.6 Å². The fourth-order valence-corrected chi connectivity index (χ4v) is 2.99. The Bertz CT molecular complexity index is 1290. The van der Waals surface area contributed by atoms with E-state index in [1.165, 1.54) is 19.1 Å². The van der Waals surface area contributed by atoms with E-state index in [-0.39, 0.29) is 17.2 Å². The van der Waals surface area contributed by atoms with E-state index in [1.54, 1.807) is 31.3 Å². The van der Waals surface area contributed by atoms with Crippen LogP contribution >= 0.6 is 0 Å². The van der Waals surface area contributed by atoms with Gasteiger partial charge < -0.3 is 15.1 Å². The zero-order valence-corrected chi connectivity index (χ0v) is 15.9. The van der Waals surface area contributed by atoms with Crippen molar-refractivity contribution in [2.75, 3.05) is 10.6 Å². The molecular formula is C20H16F3N5O2. The van der Waals surface area contributed by atoms with Crippen LogP contribution in [0.15, 0.2) is 51.8 Å². The lowest BCUT2D eigenvalue weighted by Gasteiger charge is -2.15. The number of alkyl halides is 3. The van der Waals surface area contributed by atoms with Crippen LogP contribution in [0.2, 0.25) is 0 Å². The Morgan fingerprint density at radius 2 is 1.90 bits per heavy atom. The van der Waals surface area contributed by atoms with Gasteiger partial charge in [-0.05, 0) is 49.7 Å². The molecule has 0 aliphatic heterocycles. The average molecular weight is 415 g/mol. The summed E-state index contributed by atoms with van der Waals surface area (Å²) in [7, 11) is 0. The fraction of sp³-hybridized carbons (Fsp3) is 0.150. The third-order valence-corrected chi connectivity index (χ3v) is 4.54. The number of nitrogens with zero attached hydrogens (tertiary/aromatic N) is 2. The van der Waals surface area contributed by atoms with E-state index >= 15 is 0 Å². The number of fused-ring (bicyclic) bond motifs is 1. The zero-order chi connectivity index (χ0) is 21.5. The standard InChI is InChI=1S/C20H16F3N5O2/c1-10-9-24-18(26-14-5-3-4-13(11(14)2)20(21,22)23)28-17(10)25-12-6-7-16-15(8-12)27-19(29)30-16/h3-9H,1-2H3,(H,27,29)(H2,24,25,26,28). The number of anilines is 4. The topological polar surface area (TPSA) is 95.8 Å². The SMILES string of the molecule is Cc1cnc(Nc2cccc(C(F)(F)F)c2C)nc1Nc1ccc2oc(=O)[nH]c2c1. The van der Waals surface area contributed by atoms with Crippen molar-refractivity contribution in [1.29, 1.82) is 0 Å². The van der Waals surface area contributed by atoms with Crippen molar-refractivity contribution in [2.45, 2.75) is 20.0 Å². The highest BCUT2D eigenvalue weighted by Crippen LogP contribution is 2.35. The summed E-state index contributed by atoms with van der Waals surface area (Å²) in [5.74, 6) is 0.0500. The lowest BCUT2D eigenvalue weighted by Crippen LogP contribution is -2.09. The number of nitrogens with one attached hydrogen (secondary N) is 3. The number of rotatable bonds is 4. The van der Waals surface area contributed by atoms with Gasteiger partial charge >= 0.3 is 11.9 Å². The molecule has 3 N–H and O–H groups in total. The van der Waals surface area contributed by atoms with Crippen molar-refractivity contribution in [2.24, 2.45) is 0 Å². The van der Waals surface area contributed by atoms with Crippen LogP contribution in [0.1, 0.15) is 16.7 Å².